The largest absolute Gasteiger partial charge is 0.416 e. The lowest BCUT2D eigenvalue weighted by molar-refractivity contribution is -0.137. The molecular formula is C16H13F3N4O2S. The molecule has 0 fully saturated rings. The zero-order valence-corrected chi connectivity index (χ0v) is 14.0. The molecule has 0 spiro atoms. The molecule has 0 aliphatic heterocycles. The van der Waals surface area contributed by atoms with Gasteiger partial charge in [-0.05, 0) is 17.7 Å². The topological polar surface area (TPSA) is 80.0 Å². The van der Waals surface area contributed by atoms with Gasteiger partial charge in [-0.15, -0.1) is 11.3 Å². The van der Waals surface area contributed by atoms with Crippen LogP contribution in [0.5, 0.6) is 0 Å². The number of hydrogen-bond donors (Lipinski definition) is 2. The molecule has 1 aromatic carbocycles. The van der Waals surface area contributed by atoms with E-state index in [1.54, 1.807) is 10.6 Å². The summed E-state index contributed by atoms with van der Waals surface area (Å²) >= 11 is 1.16. The number of aromatic nitrogens is 3. The number of carbonyl (C=O) groups excluding carboxylic acids is 1. The summed E-state index contributed by atoms with van der Waals surface area (Å²) < 4.78 is 39.8. The molecule has 2 N–H and O–H groups in total. The van der Waals surface area contributed by atoms with Crippen LogP contribution in [0, 0.1) is 0 Å². The van der Waals surface area contributed by atoms with Crippen molar-refractivity contribution < 1.29 is 23.1 Å². The average molecular weight is 382 g/mol. The first-order valence-corrected chi connectivity index (χ1v) is 8.27. The Labute approximate surface area is 150 Å². The molecule has 0 radical (unpaired) electrons. The standard InChI is InChI=1S/C16H13F3N4O2S/c17-16(18,19)11-3-1-2-10(4-11)5-23-6-13(20-9-23)22-15(25)12-8-26-14(7-24)21-12/h1-4,6,8-9,24H,5,7H2,(H,22,25). The van der Waals surface area contributed by atoms with Crippen LogP contribution in [0.2, 0.25) is 0 Å². The average Bonchev–Trinajstić information content (AvgIpc) is 3.23. The van der Waals surface area contributed by atoms with E-state index < -0.39 is 17.6 Å². The number of benzene rings is 1. The van der Waals surface area contributed by atoms with Gasteiger partial charge in [0.2, 0.25) is 0 Å². The number of rotatable bonds is 5. The summed E-state index contributed by atoms with van der Waals surface area (Å²) in [6, 6.07) is 5.01. The molecule has 6 nitrogen and oxygen atoms in total. The number of carbonyl (C=O) groups is 1. The molecule has 0 aliphatic carbocycles. The number of alkyl halides is 3. The van der Waals surface area contributed by atoms with Crippen molar-refractivity contribution in [1.29, 1.82) is 0 Å². The molecule has 0 saturated heterocycles. The van der Waals surface area contributed by atoms with Gasteiger partial charge in [-0.25, -0.2) is 9.97 Å². The number of hydrogen-bond acceptors (Lipinski definition) is 5. The van der Waals surface area contributed by atoms with Crippen LogP contribution >= 0.6 is 11.3 Å². The van der Waals surface area contributed by atoms with Crippen molar-refractivity contribution in [2.24, 2.45) is 0 Å². The third-order valence-electron chi connectivity index (χ3n) is 3.41. The molecule has 26 heavy (non-hydrogen) atoms. The molecule has 0 unspecified atom stereocenters. The minimum absolute atomic E-state index is 0.159. The van der Waals surface area contributed by atoms with Gasteiger partial charge < -0.3 is 15.0 Å². The van der Waals surface area contributed by atoms with Gasteiger partial charge in [0.15, 0.2) is 5.82 Å². The maximum absolute atomic E-state index is 12.8. The zero-order valence-electron chi connectivity index (χ0n) is 13.2. The molecule has 2 heterocycles. The smallest absolute Gasteiger partial charge is 0.389 e. The van der Waals surface area contributed by atoms with Crippen molar-refractivity contribution in [3.05, 3.63) is 64.0 Å². The Hall–Kier alpha value is -2.72. The third-order valence-corrected chi connectivity index (χ3v) is 4.25. The van der Waals surface area contributed by atoms with Gasteiger partial charge in [0, 0.05) is 18.1 Å². The number of nitrogens with one attached hydrogen (secondary N) is 1. The van der Waals surface area contributed by atoms with Gasteiger partial charge in [-0.3, -0.25) is 4.79 Å². The Balaban J connectivity index is 1.67. The molecule has 0 saturated carbocycles. The summed E-state index contributed by atoms with van der Waals surface area (Å²) in [7, 11) is 0. The van der Waals surface area contributed by atoms with Crippen LogP contribution in [0.25, 0.3) is 0 Å². The third kappa shape index (κ3) is 4.27. The molecule has 3 aromatic rings. The van der Waals surface area contributed by atoms with E-state index in [4.69, 9.17) is 5.11 Å². The molecule has 3 rings (SSSR count). The molecular weight excluding hydrogens is 369 g/mol. The number of amides is 1. The Kier molecular flexibility index (Phi) is 5.05. The highest BCUT2D eigenvalue weighted by Gasteiger charge is 2.30. The molecule has 0 bridgehead atoms. The van der Waals surface area contributed by atoms with E-state index >= 15 is 0 Å². The van der Waals surface area contributed by atoms with Crippen LogP contribution < -0.4 is 5.32 Å². The molecule has 136 valence electrons. The van der Waals surface area contributed by atoms with E-state index in [-0.39, 0.29) is 24.7 Å². The number of aliphatic hydroxyl groups excluding tert-OH is 1. The SMILES string of the molecule is O=C(Nc1cn(Cc2cccc(C(F)(F)F)c2)cn1)c1csc(CO)n1. The van der Waals surface area contributed by atoms with Crippen molar-refractivity contribution in [1.82, 2.24) is 14.5 Å². The number of halogens is 3. The van der Waals surface area contributed by atoms with E-state index in [0.717, 1.165) is 23.5 Å². The Morgan fingerprint density at radius 1 is 1.35 bits per heavy atom. The highest BCUT2D eigenvalue weighted by atomic mass is 32.1. The maximum atomic E-state index is 12.8. The number of anilines is 1. The Morgan fingerprint density at radius 3 is 2.85 bits per heavy atom. The van der Waals surface area contributed by atoms with Crippen LogP contribution in [-0.4, -0.2) is 25.5 Å². The predicted molar refractivity (Wildman–Crippen MR) is 88.8 cm³/mol. The summed E-state index contributed by atoms with van der Waals surface area (Å²) in [4.78, 5) is 20.0. The summed E-state index contributed by atoms with van der Waals surface area (Å²) in [6.45, 7) is -0.0677. The van der Waals surface area contributed by atoms with Gasteiger partial charge in [-0.2, -0.15) is 13.2 Å². The highest BCUT2D eigenvalue weighted by molar-refractivity contribution is 7.09. The van der Waals surface area contributed by atoms with Crippen molar-refractivity contribution in [2.45, 2.75) is 19.3 Å². The minimum atomic E-state index is -4.40. The van der Waals surface area contributed by atoms with Crippen LogP contribution in [0.3, 0.4) is 0 Å². The monoisotopic (exact) mass is 382 g/mol. The van der Waals surface area contributed by atoms with Crippen molar-refractivity contribution in [2.75, 3.05) is 5.32 Å². The summed E-state index contributed by atoms with van der Waals surface area (Å²) in [5.74, 6) is -0.231. The van der Waals surface area contributed by atoms with Crippen LogP contribution in [-0.2, 0) is 19.3 Å². The van der Waals surface area contributed by atoms with Crippen molar-refractivity contribution >= 4 is 23.1 Å². The fourth-order valence-electron chi connectivity index (χ4n) is 2.24. The predicted octanol–water partition coefficient (Wildman–Crippen LogP) is 3.15. The lowest BCUT2D eigenvalue weighted by atomic mass is 10.1. The second kappa shape index (κ2) is 7.26. The first-order chi connectivity index (χ1) is 12.3. The van der Waals surface area contributed by atoms with E-state index in [9.17, 15) is 18.0 Å². The van der Waals surface area contributed by atoms with Crippen LogP contribution in [0.4, 0.5) is 19.0 Å². The van der Waals surface area contributed by atoms with Gasteiger partial charge >= 0.3 is 6.18 Å². The Morgan fingerprint density at radius 2 is 2.15 bits per heavy atom. The summed E-state index contributed by atoms with van der Waals surface area (Å²) in [5.41, 5.74) is -0.0967. The van der Waals surface area contributed by atoms with Gasteiger partial charge in [0.05, 0.1) is 18.5 Å². The molecule has 2 aromatic heterocycles. The van der Waals surface area contributed by atoms with E-state index in [1.807, 2.05) is 0 Å². The van der Waals surface area contributed by atoms with Crippen molar-refractivity contribution in [3.8, 4) is 0 Å². The lowest BCUT2D eigenvalue weighted by Gasteiger charge is -2.09. The quantitative estimate of drug-likeness (QED) is 0.710. The second-order valence-electron chi connectivity index (χ2n) is 5.37. The number of thiazole rings is 1. The van der Waals surface area contributed by atoms with Gasteiger partial charge in [0.25, 0.3) is 5.91 Å². The fourth-order valence-corrected chi connectivity index (χ4v) is 2.87. The molecule has 0 aliphatic rings. The molecule has 1 amide bonds. The lowest BCUT2D eigenvalue weighted by Crippen LogP contribution is -2.12. The van der Waals surface area contributed by atoms with E-state index in [0.29, 0.717) is 10.6 Å². The molecule has 0 atom stereocenters. The summed E-state index contributed by atoms with van der Waals surface area (Å²) in [6.07, 6.45) is -1.47. The zero-order chi connectivity index (χ0) is 18.7. The van der Waals surface area contributed by atoms with E-state index in [2.05, 4.69) is 15.3 Å². The Bertz CT molecular complexity index is 920. The van der Waals surface area contributed by atoms with E-state index in [1.165, 1.54) is 24.0 Å². The normalized spacial score (nSPS) is 11.5. The van der Waals surface area contributed by atoms with Crippen LogP contribution in [0.15, 0.2) is 42.2 Å². The van der Waals surface area contributed by atoms with Gasteiger partial charge in [-0.1, -0.05) is 12.1 Å². The number of imidazole rings is 1. The maximum Gasteiger partial charge on any atom is 0.416 e. The highest BCUT2D eigenvalue weighted by Crippen LogP contribution is 2.29. The second-order valence-corrected chi connectivity index (χ2v) is 6.31. The first-order valence-electron chi connectivity index (χ1n) is 7.39. The molecule has 10 heteroatoms. The summed E-state index contributed by atoms with van der Waals surface area (Å²) in [5, 5.41) is 13.5. The number of aliphatic hydroxyl groups is 1. The minimum Gasteiger partial charge on any atom is -0.389 e. The fraction of sp³-hybridized carbons (Fsp3) is 0.188. The first kappa shape index (κ1) is 18.1. The number of nitrogens with zero attached hydrogens (tertiary/aromatic N) is 3. The van der Waals surface area contributed by atoms with Crippen molar-refractivity contribution in [3.63, 3.8) is 0 Å². The van der Waals surface area contributed by atoms with Crippen LogP contribution in [0.1, 0.15) is 26.6 Å². The van der Waals surface area contributed by atoms with Gasteiger partial charge in [0.1, 0.15) is 10.7 Å².